The Hall–Kier alpha value is -0.900. The van der Waals surface area contributed by atoms with Gasteiger partial charge in [0.1, 0.15) is 6.04 Å². The molecule has 1 aliphatic rings. The van der Waals surface area contributed by atoms with E-state index in [-0.39, 0.29) is 0 Å². The lowest BCUT2D eigenvalue weighted by atomic mass is 10.3. The highest BCUT2D eigenvalue weighted by Crippen LogP contribution is 2.27. The lowest BCUT2D eigenvalue weighted by Gasteiger charge is -2.01. The van der Waals surface area contributed by atoms with Crippen LogP contribution in [0.1, 0.15) is 38.4 Å². The van der Waals surface area contributed by atoms with Gasteiger partial charge in [0.05, 0.1) is 6.54 Å². The van der Waals surface area contributed by atoms with Gasteiger partial charge < -0.3 is 5.32 Å². The van der Waals surface area contributed by atoms with Crippen LogP contribution in [0.4, 0.5) is 0 Å². The van der Waals surface area contributed by atoms with E-state index in [0.29, 0.717) is 12.1 Å². The molecule has 1 heterocycles. The third-order valence-electron chi connectivity index (χ3n) is 2.23. The maximum Gasteiger partial charge on any atom is 0.232 e. The predicted octanol–water partition coefficient (Wildman–Crippen LogP) is 0.530. The molecule has 1 aromatic heterocycles. The fourth-order valence-corrected chi connectivity index (χ4v) is 1.27. The van der Waals surface area contributed by atoms with Crippen LogP contribution in [0.25, 0.3) is 0 Å². The third kappa shape index (κ3) is 2.28. The number of rotatable bonds is 4. The summed E-state index contributed by atoms with van der Waals surface area (Å²) in [5, 5.41) is 10.6. The number of aromatic amines is 1. The molecule has 4 heteroatoms. The molecule has 0 aromatic carbocycles. The summed E-state index contributed by atoms with van der Waals surface area (Å²) in [6, 6.07) is 1.21. The maximum atomic E-state index is 4.22. The predicted molar refractivity (Wildman–Crippen MR) is 49.0 cm³/mol. The summed E-state index contributed by atoms with van der Waals surface area (Å²) in [6.07, 6.45) is 4.70. The zero-order valence-corrected chi connectivity index (χ0v) is 8.25. The second-order valence-electron chi connectivity index (χ2n) is 4.01. The van der Waals surface area contributed by atoms with E-state index in [2.05, 4.69) is 40.4 Å². The van der Waals surface area contributed by atoms with E-state index in [9.17, 15) is 0 Å². The fourth-order valence-electron chi connectivity index (χ4n) is 1.27. The van der Waals surface area contributed by atoms with Gasteiger partial charge in [-0.15, -0.1) is 0 Å². The molecule has 72 valence electrons. The molecule has 0 aliphatic heterocycles. The smallest absolute Gasteiger partial charge is 0.232 e. The molecule has 4 nitrogen and oxygen atoms in total. The summed E-state index contributed by atoms with van der Waals surface area (Å²) in [4.78, 5) is 0. The molecule has 0 saturated heterocycles. The number of nitrogens with zero attached hydrogens (tertiary/aromatic N) is 2. The molecule has 13 heavy (non-hydrogen) atoms. The van der Waals surface area contributed by atoms with E-state index in [1.54, 1.807) is 0 Å². The molecule has 1 aromatic rings. The SMILES string of the molecule is CC(C)NCc1c[n+](C2CC2)[nH]n1. The molecule has 1 fully saturated rings. The summed E-state index contributed by atoms with van der Waals surface area (Å²) < 4.78 is 2.11. The van der Waals surface area contributed by atoms with Crippen LogP contribution in [0.2, 0.25) is 0 Å². The van der Waals surface area contributed by atoms with Gasteiger partial charge in [-0.2, -0.15) is 4.68 Å². The van der Waals surface area contributed by atoms with Crippen LogP contribution >= 0.6 is 0 Å². The van der Waals surface area contributed by atoms with Crippen molar-refractivity contribution in [3.63, 3.8) is 0 Å². The molecule has 1 aliphatic carbocycles. The van der Waals surface area contributed by atoms with Crippen molar-refractivity contribution in [1.82, 2.24) is 15.6 Å². The quantitative estimate of drug-likeness (QED) is 0.665. The molecule has 2 N–H and O–H groups in total. The van der Waals surface area contributed by atoms with Gasteiger partial charge in [-0.25, -0.2) is 0 Å². The Bertz CT molecular complexity index is 275. The Balaban J connectivity index is 1.89. The van der Waals surface area contributed by atoms with Crippen LogP contribution in [-0.2, 0) is 6.54 Å². The molecular formula is C9H17N4+. The van der Waals surface area contributed by atoms with Gasteiger partial charge in [-0.05, 0) is 12.8 Å². The van der Waals surface area contributed by atoms with Crippen LogP contribution in [-0.4, -0.2) is 16.4 Å². The van der Waals surface area contributed by atoms with Gasteiger partial charge in [0.25, 0.3) is 0 Å². The number of H-pyrrole nitrogens is 1. The number of hydrogen-bond donors (Lipinski definition) is 2. The molecule has 2 rings (SSSR count). The van der Waals surface area contributed by atoms with E-state index >= 15 is 0 Å². The lowest BCUT2D eigenvalue weighted by molar-refractivity contribution is -0.757. The van der Waals surface area contributed by atoms with Crippen LogP contribution in [0.15, 0.2) is 6.20 Å². The number of aromatic nitrogens is 3. The Morgan fingerprint density at radius 2 is 2.46 bits per heavy atom. The zero-order valence-electron chi connectivity index (χ0n) is 8.25. The number of nitrogens with one attached hydrogen (secondary N) is 2. The second kappa shape index (κ2) is 3.46. The molecule has 0 spiro atoms. The first-order valence-corrected chi connectivity index (χ1v) is 4.94. The van der Waals surface area contributed by atoms with E-state index in [1.165, 1.54) is 12.8 Å². The van der Waals surface area contributed by atoms with E-state index < -0.39 is 0 Å². The molecule has 0 unspecified atom stereocenters. The van der Waals surface area contributed by atoms with Crippen LogP contribution < -0.4 is 10.00 Å². The van der Waals surface area contributed by atoms with Crippen LogP contribution in [0, 0.1) is 0 Å². The van der Waals surface area contributed by atoms with Gasteiger partial charge in [0.15, 0.2) is 6.20 Å². The summed E-state index contributed by atoms with van der Waals surface area (Å²) in [5.74, 6) is 0. The molecular weight excluding hydrogens is 164 g/mol. The van der Waals surface area contributed by atoms with Gasteiger partial charge in [-0.1, -0.05) is 19.1 Å². The summed E-state index contributed by atoms with van der Waals surface area (Å²) in [7, 11) is 0. The summed E-state index contributed by atoms with van der Waals surface area (Å²) >= 11 is 0. The lowest BCUT2D eigenvalue weighted by Crippen LogP contribution is -2.33. The minimum Gasteiger partial charge on any atom is -0.307 e. The minimum absolute atomic E-state index is 0.520. The molecule has 0 amide bonds. The Kier molecular flexibility index (Phi) is 2.31. The Morgan fingerprint density at radius 1 is 1.69 bits per heavy atom. The standard InChI is InChI=1S/C9H16N4/c1-7(2)10-5-8-6-13(12-11-8)9-3-4-9/h6-7,9-10H,3-5H2,1-2H3/p+1. The average Bonchev–Trinajstić information content (AvgIpc) is 2.83. The highest BCUT2D eigenvalue weighted by Gasteiger charge is 2.30. The van der Waals surface area contributed by atoms with Gasteiger partial charge >= 0.3 is 0 Å². The first-order chi connectivity index (χ1) is 6.25. The van der Waals surface area contributed by atoms with Crippen LogP contribution in [0.5, 0.6) is 0 Å². The Morgan fingerprint density at radius 3 is 3.08 bits per heavy atom. The van der Waals surface area contributed by atoms with Crippen molar-refractivity contribution >= 4 is 0 Å². The number of hydrogen-bond acceptors (Lipinski definition) is 2. The molecule has 0 atom stereocenters. The second-order valence-corrected chi connectivity index (χ2v) is 4.01. The van der Waals surface area contributed by atoms with Crippen LogP contribution in [0.3, 0.4) is 0 Å². The zero-order chi connectivity index (χ0) is 9.26. The molecule has 1 saturated carbocycles. The monoisotopic (exact) mass is 181 g/mol. The van der Waals surface area contributed by atoms with Gasteiger partial charge in [0.2, 0.25) is 5.69 Å². The van der Waals surface area contributed by atoms with E-state index in [0.717, 1.165) is 12.2 Å². The van der Waals surface area contributed by atoms with Crippen molar-refractivity contribution in [1.29, 1.82) is 0 Å². The first-order valence-electron chi connectivity index (χ1n) is 4.94. The summed E-state index contributed by atoms with van der Waals surface area (Å²) in [5.41, 5.74) is 1.10. The van der Waals surface area contributed by atoms with Crippen molar-refractivity contribution < 1.29 is 4.68 Å². The molecule has 0 bridgehead atoms. The van der Waals surface area contributed by atoms with Crippen molar-refractivity contribution in [2.24, 2.45) is 0 Å². The highest BCUT2D eigenvalue weighted by molar-refractivity contribution is 4.87. The maximum absolute atomic E-state index is 4.22. The van der Waals surface area contributed by atoms with Crippen molar-refractivity contribution in [2.45, 2.75) is 45.3 Å². The highest BCUT2D eigenvalue weighted by atomic mass is 15.4. The van der Waals surface area contributed by atoms with E-state index in [1.807, 2.05) is 0 Å². The topological polar surface area (TPSA) is 44.6 Å². The normalized spacial score (nSPS) is 16.8. The Labute approximate surface area is 78.3 Å². The van der Waals surface area contributed by atoms with Crippen molar-refractivity contribution in [3.8, 4) is 0 Å². The van der Waals surface area contributed by atoms with Crippen molar-refractivity contribution in [3.05, 3.63) is 11.9 Å². The molecule has 0 radical (unpaired) electrons. The van der Waals surface area contributed by atoms with Gasteiger partial charge in [-0.3, -0.25) is 0 Å². The minimum atomic E-state index is 0.520. The average molecular weight is 181 g/mol. The largest absolute Gasteiger partial charge is 0.307 e. The fraction of sp³-hybridized carbons (Fsp3) is 0.778. The summed E-state index contributed by atoms with van der Waals surface area (Å²) in [6.45, 7) is 5.14. The van der Waals surface area contributed by atoms with Crippen molar-refractivity contribution in [2.75, 3.05) is 0 Å². The van der Waals surface area contributed by atoms with E-state index in [4.69, 9.17) is 0 Å². The first kappa shape index (κ1) is 8.69. The van der Waals surface area contributed by atoms with Gasteiger partial charge in [0, 0.05) is 11.1 Å². The third-order valence-corrected chi connectivity index (χ3v) is 2.23.